The molecule has 1 saturated heterocycles. The zero-order valence-corrected chi connectivity index (χ0v) is 12.2. The minimum atomic E-state index is 0.847. The summed E-state index contributed by atoms with van der Waals surface area (Å²) in [7, 11) is 2.18. The third-order valence-corrected chi connectivity index (χ3v) is 4.10. The zero-order valence-electron chi connectivity index (χ0n) is 12.2. The maximum absolute atomic E-state index is 5.88. The predicted molar refractivity (Wildman–Crippen MR) is 84.6 cm³/mol. The van der Waals surface area contributed by atoms with Gasteiger partial charge in [-0.05, 0) is 43.8 Å². The molecule has 1 aromatic heterocycles. The van der Waals surface area contributed by atoms with Crippen LogP contribution in [0, 0.1) is 6.92 Å². The first-order valence-corrected chi connectivity index (χ1v) is 7.11. The molecule has 106 valence electrons. The molecule has 0 saturated carbocycles. The fourth-order valence-corrected chi connectivity index (χ4v) is 2.62. The molecule has 1 fully saturated rings. The second-order valence-corrected chi connectivity index (χ2v) is 5.61. The fourth-order valence-electron chi connectivity index (χ4n) is 2.62. The molecule has 0 radical (unpaired) electrons. The Morgan fingerprint density at radius 1 is 1.00 bits per heavy atom. The fraction of sp³-hybridized carbons (Fsp3) is 0.375. The van der Waals surface area contributed by atoms with Crippen molar-refractivity contribution in [3.8, 4) is 5.69 Å². The first-order valence-electron chi connectivity index (χ1n) is 7.11. The van der Waals surface area contributed by atoms with Crippen molar-refractivity contribution in [2.24, 2.45) is 0 Å². The summed E-state index contributed by atoms with van der Waals surface area (Å²) in [5, 5.41) is 0. The number of anilines is 2. The first kappa shape index (κ1) is 13.1. The molecule has 0 amide bonds. The number of hydrogen-bond acceptors (Lipinski definition) is 3. The molecular formula is C16H22N4. The quantitative estimate of drug-likeness (QED) is 0.849. The lowest BCUT2D eigenvalue weighted by Crippen LogP contribution is -2.44. The Kier molecular flexibility index (Phi) is 3.40. The average Bonchev–Trinajstić information content (AvgIpc) is 2.92. The molecule has 0 atom stereocenters. The largest absolute Gasteiger partial charge is 0.399 e. The van der Waals surface area contributed by atoms with E-state index < -0.39 is 0 Å². The maximum atomic E-state index is 5.88. The lowest BCUT2D eigenvalue weighted by Gasteiger charge is -2.33. The van der Waals surface area contributed by atoms with Crippen molar-refractivity contribution in [1.29, 1.82) is 0 Å². The van der Waals surface area contributed by atoms with Crippen molar-refractivity contribution in [2.45, 2.75) is 6.92 Å². The molecule has 20 heavy (non-hydrogen) atoms. The zero-order chi connectivity index (χ0) is 14.1. The Bertz CT molecular complexity index is 594. The standard InChI is InChI=1S/C16H22N4/c1-13-11-14(3-4-16(13)17)20-6-5-15(12-20)19-9-7-18(2)8-10-19/h3-6,11-12H,7-10,17H2,1-2H3. The number of likely N-dealkylation sites (N-methyl/N-ethyl adjacent to an activating group) is 1. The van der Waals surface area contributed by atoms with Crippen LogP contribution in [0.4, 0.5) is 11.4 Å². The van der Waals surface area contributed by atoms with Gasteiger partial charge in [-0.2, -0.15) is 0 Å². The van der Waals surface area contributed by atoms with Gasteiger partial charge in [-0.3, -0.25) is 0 Å². The van der Waals surface area contributed by atoms with E-state index in [1.54, 1.807) is 0 Å². The molecule has 1 aliphatic rings. The monoisotopic (exact) mass is 270 g/mol. The molecule has 4 heteroatoms. The molecule has 0 unspecified atom stereocenters. The second-order valence-electron chi connectivity index (χ2n) is 5.61. The van der Waals surface area contributed by atoms with Gasteiger partial charge in [-0.1, -0.05) is 0 Å². The van der Waals surface area contributed by atoms with Gasteiger partial charge in [0.15, 0.2) is 0 Å². The van der Waals surface area contributed by atoms with E-state index >= 15 is 0 Å². The van der Waals surface area contributed by atoms with E-state index in [9.17, 15) is 0 Å². The van der Waals surface area contributed by atoms with Crippen LogP contribution >= 0.6 is 0 Å². The van der Waals surface area contributed by atoms with Crippen molar-refractivity contribution < 1.29 is 0 Å². The van der Waals surface area contributed by atoms with E-state index in [1.165, 1.54) is 5.69 Å². The van der Waals surface area contributed by atoms with Gasteiger partial charge in [-0.15, -0.1) is 0 Å². The second kappa shape index (κ2) is 5.21. The van der Waals surface area contributed by atoms with E-state index in [2.05, 4.69) is 52.0 Å². The van der Waals surface area contributed by atoms with E-state index in [0.29, 0.717) is 0 Å². The minimum Gasteiger partial charge on any atom is -0.399 e. The highest BCUT2D eigenvalue weighted by atomic mass is 15.3. The predicted octanol–water partition coefficient (Wildman–Crippen LogP) is 2.12. The molecule has 2 N–H and O–H groups in total. The molecular weight excluding hydrogens is 248 g/mol. The minimum absolute atomic E-state index is 0.847. The van der Waals surface area contributed by atoms with Crippen LogP contribution in [0.25, 0.3) is 5.69 Å². The molecule has 1 aromatic carbocycles. The maximum Gasteiger partial charge on any atom is 0.0550 e. The summed E-state index contributed by atoms with van der Waals surface area (Å²) < 4.78 is 2.17. The number of benzene rings is 1. The number of aryl methyl sites for hydroxylation is 1. The molecule has 2 heterocycles. The van der Waals surface area contributed by atoms with Crippen LogP contribution in [0.5, 0.6) is 0 Å². The van der Waals surface area contributed by atoms with Gasteiger partial charge < -0.3 is 20.1 Å². The van der Waals surface area contributed by atoms with Crippen molar-refractivity contribution in [2.75, 3.05) is 43.9 Å². The summed E-state index contributed by atoms with van der Waals surface area (Å²) >= 11 is 0. The molecule has 4 nitrogen and oxygen atoms in total. The third kappa shape index (κ3) is 2.51. The molecule has 0 bridgehead atoms. The Hall–Kier alpha value is -1.94. The van der Waals surface area contributed by atoms with Crippen LogP contribution < -0.4 is 10.6 Å². The highest BCUT2D eigenvalue weighted by Crippen LogP contribution is 2.21. The van der Waals surface area contributed by atoms with Gasteiger partial charge in [0.05, 0.1) is 5.69 Å². The van der Waals surface area contributed by atoms with Gasteiger partial charge in [0.2, 0.25) is 0 Å². The molecule has 2 aromatic rings. The smallest absolute Gasteiger partial charge is 0.0550 e. The lowest BCUT2D eigenvalue weighted by molar-refractivity contribution is 0.313. The number of piperazine rings is 1. The topological polar surface area (TPSA) is 37.4 Å². The first-order chi connectivity index (χ1) is 9.63. The number of rotatable bonds is 2. The summed E-state index contributed by atoms with van der Waals surface area (Å²) in [5.41, 5.74) is 10.3. The van der Waals surface area contributed by atoms with E-state index in [0.717, 1.165) is 43.1 Å². The van der Waals surface area contributed by atoms with Gasteiger partial charge in [-0.25, -0.2) is 0 Å². The normalized spacial score (nSPS) is 16.6. The number of nitrogens with zero attached hydrogens (tertiary/aromatic N) is 3. The third-order valence-electron chi connectivity index (χ3n) is 4.10. The van der Waals surface area contributed by atoms with Crippen LogP contribution in [0.3, 0.4) is 0 Å². The summed E-state index contributed by atoms with van der Waals surface area (Å²) in [6, 6.07) is 8.36. The van der Waals surface area contributed by atoms with Crippen LogP contribution in [-0.2, 0) is 0 Å². The van der Waals surface area contributed by atoms with Crippen molar-refractivity contribution in [3.05, 3.63) is 42.2 Å². The van der Waals surface area contributed by atoms with Crippen molar-refractivity contribution >= 4 is 11.4 Å². The van der Waals surface area contributed by atoms with Crippen LogP contribution in [0.15, 0.2) is 36.7 Å². The van der Waals surface area contributed by atoms with Crippen molar-refractivity contribution in [3.63, 3.8) is 0 Å². The lowest BCUT2D eigenvalue weighted by atomic mass is 10.2. The Balaban J connectivity index is 1.81. The highest BCUT2D eigenvalue weighted by Gasteiger charge is 2.15. The Morgan fingerprint density at radius 3 is 2.45 bits per heavy atom. The van der Waals surface area contributed by atoms with Crippen LogP contribution in [0.2, 0.25) is 0 Å². The average molecular weight is 270 g/mol. The number of hydrogen-bond donors (Lipinski definition) is 1. The van der Waals surface area contributed by atoms with Crippen molar-refractivity contribution in [1.82, 2.24) is 9.47 Å². The summed E-state index contributed by atoms with van der Waals surface area (Å²) in [6.45, 7) is 6.50. The SMILES string of the molecule is Cc1cc(-n2ccc(N3CCN(C)CC3)c2)ccc1N. The van der Waals surface area contributed by atoms with E-state index in [1.807, 2.05) is 13.0 Å². The van der Waals surface area contributed by atoms with E-state index in [-0.39, 0.29) is 0 Å². The summed E-state index contributed by atoms with van der Waals surface area (Å²) in [5.74, 6) is 0. The van der Waals surface area contributed by atoms with Crippen LogP contribution in [-0.4, -0.2) is 42.7 Å². The summed E-state index contributed by atoms with van der Waals surface area (Å²) in [4.78, 5) is 4.82. The van der Waals surface area contributed by atoms with Gasteiger partial charge in [0.1, 0.15) is 0 Å². The van der Waals surface area contributed by atoms with Gasteiger partial charge in [0, 0.05) is 49.9 Å². The van der Waals surface area contributed by atoms with Gasteiger partial charge >= 0.3 is 0 Å². The summed E-state index contributed by atoms with van der Waals surface area (Å²) in [6.07, 6.45) is 4.33. The van der Waals surface area contributed by atoms with Gasteiger partial charge in [0.25, 0.3) is 0 Å². The number of nitrogens with two attached hydrogens (primary N) is 1. The molecule has 3 rings (SSSR count). The molecule has 1 aliphatic heterocycles. The van der Waals surface area contributed by atoms with Crippen LogP contribution in [0.1, 0.15) is 5.56 Å². The Labute approximate surface area is 120 Å². The number of aromatic nitrogens is 1. The molecule has 0 aliphatic carbocycles. The number of nitrogen functional groups attached to an aromatic ring is 1. The highest BCUT2D eigenvalue weighted by molar-refractivity contribution is 5.54. The Morgan fingerprint density at radius 2 is 1.75 bits per heavy atom. The molecule has 0 spiro atoms. The van der Waals surface area contributed by atoms with E-state index in [4.69, 9.17) is 5.73 Å².